The van der Waals surface area contributed by atoms with Gasteiger partial charge in [0.2, 0.25) is 5.91 Å². The molecule has 8 heteroatoms. The number of benzene rings is 2. The number of nitrogens with zero attached hydrogens (tertiary/aromatic N) is 3. The molecule has 6 nitrogen and oxygen atoms in total. The molecular formula is C23H24ClN3O3S. The van der Waals surface area contributed by atoms with Crippen molar-refractivity contribution in [3.05, 3.63) is 58.9 Å². The molecule has 1 aromatic heterocycles. The highest BCUT2D eigenvalue weighted by Gasteiger charge is 2.31. The lowest BCUT2D eigenvalue weighted by Gasteiger charge is -2.34. The van der Waals surface area contributed by atoms with Crippen LogP contribution in [0.2, 0.25) is 5.02 Å². The first kappa shape index (κ1) is 21.6. The van der Waals surface area contributed by atoms with Gasteiger partial charge in [0.05, 0.1) is 36.7 Å². The van der Waals surface area contributed by atoms with E-state index in [9.17, 15) is 4.79 Å². The summed E-state index contributed by atoms with van der Waals surface area (Å²) in [6, 6.07) is 14.8. The van der Waals surface area contributed by atoms with Crippen LogP contribution in [0.4, 0.5) is 10.8 Å². The van der Waals surface area contributed by atoms with Gasteiger partial charge in [0.15, 0.2) is 5.13 Å². The lowest BCUT2D eigenvalue weighted by molar-refractivity contribution is -0.136. The number of amides is 1. The lowest BCUT2D eigenvalue weighted by Crippen LogP contribution is -2.49. The Morgan fingerprint density at radius 2 is 1.90 bits per heavy atom. The first-order chi connectivity index (χ1) is 15.1. The number of halogens is 1. The molecule has 2 heterocycles. The van der Waals surface area contributed by atoms with Crippen LogP contribution in [0.1, 0.15) is 6.92 Å². The molecule has 0 saturated carbocycles. The quantitative estimate of drug-likeness (QED) is 0.529. The predicted molar refractivity (Wildman–Crippen MR) is 125 cm³/mol. The van der Waals surface area contributed by atoms with E-state index in [1.807, 2.05) is 70.6 Å². The minimum absolute atomic E-state index is 0.0319. The Morgan fingerprint density at radius 1 is 1.19 bits per heavy atom. The van der Waals surface area contributed by atoms with Gasteiger partial charge in [0, 0.05) is 24.0 Å². The Balaban J connectivity index is 1.68. The van der Waals surface area contributed by atoms with Crippen LogP contribution in [-0.2, 0) is 9.53 Å². The molecule has 31 heavy (non-hydrogen) atoms. The van der Waals surface area contributed by atoms with Crippen LogP contribution < -0.4 is 9.64 Å². The summed E-state index contributed by atoms with van der Waals surface area (Å²) >= 11 is 8.02. The van der Waals surface area contributed by atoms with Crippen molar-refractivity contribution in [3.63, 3.8) is 0 Å². The third-order valence-electron chi connectivity index (χ3n) is 5.26. The molecule has 1 amide bonds. The topological polar surface area (TPSA) is 54.9 Å². The van der Waals surface area contributed by atoms with Gasteiger partial charge < -0.3 is 19.3 Å². The Morgan fingerprint density at radius 3 is 2.58 bits per heavy atom. The molecule has 1 aliphatic heterocycles. The summed E-state index contributed by atoms with van der Waals surface area (Å²) in [4.78, 5) is 21.9. The minimum Gasteiger partial charge on any atom is -0.497 e. The van der Waals surface area contributed by atoms with Gasteiger partial charge in [-0.05, 0) is 43.3 Å². The normalized spacial score (nSPS) is 14.9. The maximum absolute atomic E-state index is 13.3. The molecule has 0 spiro atoms. The maximum Gasteiger partial charge on any atom is 0.245 e. The monoisotopic (exact) mass is 457 g/mol. The van der Waals surface area contributed by atoms with Gasteiger partial charge in [-0.25, -0.2) is 4.98 Å². The predicted octanol–water partition coefficient (Wildman–Crippen LogP) is 4.86. The number of rotatable bonds is 6. The number of hydrogen-bond acceptors (Lipinski definition) is 6. The SMILES string of the molecule is COc1ccc(-c2csc(N(c3ccccc3Cl)[C@@H](C)C(=O)N3CCOCC3)n2)cc1. The van der Waals surface area contributed by atoms with Gasteiger partial charge in [0.1, 0.15) is 11.8 Å². The number of thiazole rings is 1. The molecule has 1 atom stereocenters. The zero-order valence-electron chi connectivity index (χ0n) is 17.5. The Kier molecular flexibility index (Phi) is 6.75. The largest absolute Gasteiger partial charge is 0.497 e. The molecule has 162 valence electrons. The summed E-state index contributed by atoms with van der Waals surface area (Å²) in [5, 5.41) is 3.28. The summed E-state index contributed by atoms with van der Waals surface area (Å²) in [7, 11) is 1.64. The summed E-state index contributed by atoms with van der Waals surface area (Å²) in [5.41, 5.74) is 2.58. The molecular weight excluding hydrogens is 434 g/mol. The van der Waals surface area contributed by atoms with E-state index >= 15 is 0 Å². The highest BCUT2D eigenvalue weighted by Crippen LogP contribution is 2.37. The number of hydrogen-bond donors (Lipinski definition) is 0. The van der Waals surface area contributed by atoms with Crippen LogP contribution in [0.15, 0.2) is 53.9 Å². The van der Waals surface area contributed by atoms with Crippen molar-refractivity contribution >= 4 is 39.7 Å². The fourth-order valence-corrected chi connectivity index (χ4v) is 4.71. The van der Waals surface area contributed by atoms with Crippen molar-refractivity contribution < 1.29 is 14.3 Å². The molecule has 0 aliphatic carbocycles. The second-order valence-electron chi connectivity index (χ2n) is 7.18. The summed E-state index contributed by atoms with van der Waals surface area (Å²) in [6.07, 6.45) is 0. The van der Waals surface area contributed by atoms with E-state index in [-0.39, 0.29) is 5.91 Å². The average Bonchev–Trinajstić information content (AvgIpc) is 3.30. The first-order valence-corrected chi connectivity index (χ1v) is 11.3. The summed E-state index contributed by atoms with van der Waals surface area (Å²) in [6.45, 7) is 4.20. The Labute approximate surface area is 191 Å². The molecule has 2 aromatic carbocycles. The molecule has 1 fully saturated rings. The first-order valence-electron chi connectivity index (χ1n) is 10.1. The van der Waals surface area contributed by atoms with Crippen molar-refractivity contribution in [2.45, 2.75) is 13.0 Å². The molecule has 0 radical (unpaired) electrons. The van der Waals surface area contributed by atoms with E-state index < -0.39 is 6.04 Å². The highest BCUT2D eigenvalue weighted by atomic mass is 35.5. The molecule has 1 saturated heterocycles. The molecule has 1 aliphatic rings. The molecule has 0 N–H and O–H groups in total. The summed E-state index contributed by atoms with van der Waals surface area (Å²) < 4.78 is 10.6. The number of para-hydroxylation sites is 1. The fourth-order valence-electron chi connectivity index (χ4n) is 3.55. The summed E-state index contributed by atoms with van der Waals surface area (Å²) in [5.74, 6) is 0.825. The van der Waals surface area contributed by atoms with Gasteiger partial charge in [-0.3, -0.25) is 4.79 Å². The van der Waals surface area contributed by atoms with Crippen LogP contribution in [-0.4, -0.2) is 55.2 Å². The van der Waals surface area contributed by atoms with Crippen molar-refractivity contribution in [1.29, 1.82) is 0 Å². The number of morpholine rings is 1. The molecule has 0 bridgehead atoms. The highest BCUT2D eigenvalue weighted by molar-refractivity contribution is 7.14. The standard InChI is InChI=1S/C23H24ClN3O3S/c1-16(22(28)26-11-13-30-14-12-26)27(21-6-4-3-5-19(21)24)23-25-20(15-31-23)17-7-9-18(29-2)10-8-17/h3-10,15-16H,11-14H2,1-2H3/t16-/m0/s1. The number of aromatic nitrogens is 1. The number of carbonyl (C=O) groups excluding carboxylic acids is 1. The second kappa shape index (κ2) is 9.68. The van der Waals surface area contributed by atoms with Crippen LogP contribution in [0.5, 0.6) is 5.75 Å². The minimum atomic E-state index is -0.465. The Bertz CT molecular complexity index is 1030. The lowest BCUT2D eigenvalue weighted by atomic mass is 10.1. The van der Waals surface area contributed by atoms with E-state index in [0.29, 0.717) is 36.5 Å². The third kappa shape index (κ3) is 4.69. The van der Waals surface area contributed by atoms with E-state index in [1.54, 1.807) is 7.11 Å². The molecule has 4 rings (SSSR count). The third-order valence-corrected chi connectivity index (χ3v) is 6.42. The fraction of sp³-hybridized carbons (Fsp3) is 0.304. The van der Waals surface area contributed by atoms with Gasteiger partial charge in [0.25, 0.3) is 0 Å². The van der Waals surface area contributed by atoms with Crippen LogP contribution in [0, 0.1) is 0 Å². The zero-order valence-corrected chi connectivity index (χ0v) is 19.0. The van der Waals surface area contributed by atoms with Gasteiger partial charge in [-0.1, -0.05) is 23.7 Å². The van der Waals surface area contributed by atoms with E-state index in [0.717, 1.165) is 22.7 Å². The maximum atomic E-state index is 13.3. The van der Waals surface area contributed by atoms with E-state index in [2.05, 4.69) is 0 Å². The van der Waals surface area contributed by atoms with E-state index in [1.165, 1.54) is 11.3 Å². The van der Waals surface area contributed by atoms with Gasteiger partial charge in [-0.2, -0.15) is 0 Å². The zero-order chi connectivity index (χ0) is 21.8. The van der Waals surface area contributed by atoms with Crippen molar-refractivity contribution in [2.24, 2.45) is 0 Å². The number of ether oxygens (including phenoxy) is 2. The average molecular weight is 458 g/mol. The van der Waals surface area contributed by atoms with Crippen LogP contribution in [0.25, 0.3) is 11.3 Å². The van der Waals surface area contributed by atoms with Crippen molar-refractivity contribution in [3.8, 4) is 17.0 Å². The van der Waals surface area contributed by atoms with Crippen molar-refractivity contribution in [1.82, 2.24) is 9.88 Å². The van der Waals surface area contributed by atoms with Crippen molar-refractivity contribution in [2.75, 3.05) is 38.3 Å². The smallest absolute Gasteiger partial charge is 0.245 e. The Hall–Kier alpha value is -2.61. The van der Waals surface area contributed by atoms with Crippen LogP contribution >= 0.6 is 22.9 Å². The van der Waals surface area contributed by atoms with Crippen LogP contribution in [0.3, 0.4) is 0 Å². The second-order valence-corrected chi connectivity index (χ2v) is 8.42. The number of anilines is 2. The van der Waals surface area contributed by atoms with Gasteiger partial charge >= 0.3 is 0 Å². The molecule has 0 unspecified atom stereocenters. The van der Waals surface area contributed by atoms with Gasteiger partial charge in [-0.15, -0.1) is 11.3 Å². The number of carbonyl (C=O) groups is 1. The van der Waals surface area contributed by atoms with E-state index in [4.69, 9.17) is 26.1 Å². The molecule has 3 aromatic rings. The number of methoxy groups -OCH3 is 1.